The first-order chi connectivity index (χ1) is 10.8. The molecule has 1 fully saturated rings. The molecule has 0 bridgehead atoms. The Kier molecular flexibility index (Phi) is 4.80. The van der Waals surface area contributed by atoms with Gasteiger partial charge in [-0.15, -0.1) is 5.10 Å². The molecule has 6 nitrogen and oxygen atoms in total. The number of ether oxygens (including phenoxy) is 1. The van der Waals surface area contributed by atoms with Gasteiger partial charge < -0.3 is 4.74 Å². The van der Waals surface area contributed by atoms with Gasteiger partial charge in [-0.05, 0) is 38.6 Å². The van der Waals surface area contributed by atoms with Gasteiger partial charge in [0.15, 0.2) is 5.82 Å². The normalized spacial score (nSPS) is 20.0. The van der Waals surface area contributed by atoms with Crippen LogP contribution in [0.2, 0.25) is 0 Å². The zero-order valence-electron chi connectivity index (χ0n) is 13.3. The van der Waals surface area contributed by atoms with Crippen molar-refractivity contribution >= 4 is 0 Å². The second-order valence-electron chi connectivity index (χ2n) is 5.78. The summed E-state index contributed by atoms with van der Waals surface area (Å²) in [6.45, 7) is 1.54. The van der Waals surface area contributed by atoms with Crippen LogP contribution in [0, 0.1) is 0 Å². The van der Waals surface area contributed by atoms with Crippen molar-refractivity contribution in [2.45, 2.75) is 38.3 Å². The molecule has 1 saturated heterocycles. The van der Waals surface area contributed by atoms with Crippen molar-refractivity contribution in [3.05, 3.63) is 36.2 Å². The van der Waals surface area contributed by atoms with Crippen LogP contribution >= 0.6 is 0 Å². The minimum Gasteiger partial charge on any atom is -0.377 e. The van der Waals surface area contributed by atoms with Crippen LogP contribution in [0.15, 0.2) is 24.5 Å². The van der Waals surface area contributed by atoms with Crippen LogP contribution in [-0.4, -0.2) is 45.4 Å². The van der Waals surface area contributed by atoms with Gasteiger partial charge in [0.25, 0.3) is 0 Å². The summed E-state index contributed by atoms with van der Waals surface area (Å²) in [6.07, 6.45) is 8.46. The number of pyridine rings is 1. The van der Waals surface area contributed by atoms with Crippen molar-refractivity contribution in [1.82, 2.24) is 24.6 Å². The Morgan fingerprint density at radius 3 is 2.82 bits per heavy atom. The van der Waals surface area contributed by atoms with Crippen molar-refractivity contribution < 1.29 is 4.74 Å². The topological polar surface area (TPSA) is 56.1 Å². The molecule has 3 rings (SSSR count). The van der Waals surface area contributed by atoms with Crippen LogP contribution in [0.4, 0.5) is 0 Å². The summed E-state index contributed by atoms with van der Waals surface area (Å²) in [6, 6.07) is 4.23. The van der Waals surface area contributed by atoms with Gasteiger partial charge in [-0.25, -0.2) is 9.67 Å². The first-order valence-corrected chi connectivity index (χ1v) is 7.85. The summed E-state index contributed by atoms with van der Waals surface area (Å²) >= 11 is 0. The van der Waals surface area contributed by atoms with Crippen molar-refractivity contribution in [1.29, 1.82) is 0 Å². The Morgan fingerprint density at radius 1 is 1.23 bits per heavy atom. The van der Waals surface area contributed by atoms with Gasteiger partial charge in [-0.2, -0.15) is 0 Å². The van der Waals surface area contributed by atoms with Gasteiger partial charge in [0.1, 0.15) is 12.4 Å². The molecule has 118 valence electrons. The molecule has 0 radical (unpaired) electrons. The predicted molar refractivity (Wildman–Crippen MR) is 83.7 cm³/mol. The fraction of sp³-hybridized carbons (Fsp3) is 0.562. The second-order valence-corrected chi connectivity index (χ2v) is 5.78. The molecular formula is C16H23N5O. The quantitative estimate of drug-likeness (QED) is 0.867. The highest BCUT2D eigenvalue weighted by Gasteiger charge is 2.26. The lowest BCUT2D eigenvalue weighted by molar-refractivity contribution is 0.177. The minimum atomic E-state index is 0.300. The summed E-state index contributed by atoms with van der Waals surface area (Å²) in [5.74, 6) is 1.73. The van der Waals surface area contributed by atoms with E-state index in [-0.39, 0.29) is 0 Å². The van der Waals surface area contributed by atoms with Gasteiger partial charge in [0.05, 0.1) is 11.7 Å². The number of hydrogen-bond acceptors (Lipinski definition) is 5. The second kappa shape index (κ2) is 6.98. The van der Waals surface area contributed by atoms with Crippen LogP contribution in [-0.2, 0) is 11.3 Å². The summed E-state index contributed by atoms with van der Waals surface area (Å²) in [5, 5.41) is 4.64. The molecule has 0 unspecified atom stereocenters. The molecular weight excluding hydrogens is 278 g/mol. The van der Waals surface area contributed by atoms with E-state index in [0.29, 0.717) is 12.6 Å². The van der Waals surface area contributed by atoms with E-state index in [0.717, 1.165) is 30.3 Å². The summed E-state index contributed by atoms with van der Waals surface area (Å²) in [7, 11) is 3.85. The molecule has 0 aromatic carbocycles. The number of likely N-dealkylation sites (tertiary alicyclic amines) is 1. The van der Waals surface area contributed by atoms with E-state index in [4.69, 9.17) is 9.72 Å². The summed E-state index contributed by atoms with van der Waals surface area (Å²) in [5.41, 5.74) is 0.998. The molecule has 1 aliphatic heterocycles. The third-order valence-corrected chi connectivity index (χ3v) is 4.18. The summed E-state index contributed by atoms with van der Waals surface area (Å²) in [4.78, 5) is 11.2. The third kappa shape index (κ3) is 3.18. The Balaban J connectivity index is 2.01. The van der Waals surface area contributed by atoms with E-state index in [1.165, 1.54) is 19.3 Å². The Hall–Kier alpha value is -1.79. The number of nitrogens with zero attached hydrogens (tertiary/aromatic N) is 5. The lowest BCUT2D eigenvalue weighted by Crippen LogP contribution is -2.26. The zero-order valence-corrected chi connectivity index (χ0v) is 13.3. The number of hydrogen-bond donors (Lipinski definition) is 0. The van der Waals surface area contributed by atoms with Crippen molar-refractivity contribution in [2.24, 2.45) is 0 Å². The monoisotopic (exact) mass is 301 g/mol. The largest absolute Gasteiger partial charge is 0.377 e. The lowest BCUT2D eigenvalue weighted by atomic mass is 10.1. The number of methoxy groups -OCH3 is 1. The van der Waals surface area contributed by atoms with Gasteiger partial charge in [-0.1, -0.05) is 12.8 Å². The van der Waals surface area contributed by atoms with E-state index in [1.807, 2.05) is 16.8 Å². The van der Waals surface area contributed by atoms with E-state index in [2.05, 4.69) is 22.0 Å². The van der Waals surface area contributed by atoms with Crippen molar-refractivity contribution in [3.63, 3.8) is 0 Å². The zero-order chi connectivity index (χ0) is 15.4. The van der Waals surface area contributed by atoms with Crippen LogP contribution < -0.4 is 0 Å². The average molecular weight is 301 g/mol. The first-order valence-electron chi connectivity index (χ1n) is 7.85. The molecule has 0 aliphatic carbocycles. The SMILES string of the molecule is COCc1nc([C@H]2CCCCCN2C)n(-c2ccncc2)n1. The molecule has 6 heteroatoms. The van der Waals surface area contributed by atoms with Gasteiger partial charge >= 0.3 is 0 Å². The fourth-order valence-electron chi connectivity index (χ4n) is 3.03. The van der Waals surface area contributed by atoms with E-state index in [9.17, 15) is 0 Å². The molecule has 0 amide bonds. The first kappa shape index (κ1) is 15.1. The van der Waals surface area contributed by atoms with E-state index >= 15 is 0 Å². The van der Waals surface area contributed by atoms with E-state index in [1.54, 1.807) is 19.5 Å². The van der Waals surface area contributed by atoms with Gasteiger partial charge in [-0.3, -0.25) is 9.88 Å². The maximum atomic E-state index is 5.21. The minimum absolute atomic E-state index is 0.300. The molecule has 0 saturated carbocycles. The smallest absolute Gasteiger partial charge is 0.177 e. The van der Waals surface area contributed by atoms with Gasteiger partial charge in [0, 0.05) is 19.5 Å². The molecule has 22 heavy (non-hydrogen) atoms. The van der Waals surface area contributed by atoms with Crippen LogP contribution in [0.5, 0.6) is 0 Å². The number of rotatable bonds is 4. The van der Waals surface area contributed by atoms with Crippen LogP contribution in [0.3, 0.4) is 0 Å². The molecule has 1 aliphatic rings. The maximum absolute atomic E-state index is 5.21. The Bertz CT molecular complexity index is 598. The Morgan fingerprint density at radius 2 is 2.05 bits per heavy atom. The fourth-order valence-corrected chi connectivity index (χ4v) is 3.03. The van der Waals surface area contributed by atoms with Gasteiger partial charge in [0.2, 0.25) is 0 Å². The number of aromatic nitrogens is 4. The molecule has 0 N–H and O–H groups in total. The molecule has 0 spiro atoms. The molecule has 3 heterocycles. The molecule has 2 aromatic rings. The predicted octanol–water partition coefficient (Wildman–Crippen LogP) is 2.36. The lowest BCUT2D eigenvalue weighted by Gasteiger charge is -2.25. The highest BCUT2D eigenvalue weighted by atomic mass is 16.5. The Labute approximate surface area is 131 Å². The van der Waals surface area contributed by atoms with Crippen molar-refractivity contribution in [2.75, 3.05) is 20.7 Å². The maximum Gasteiger partial charge on any atom is 0.177 e. The average Bonchev–Trinajstić information content (AvgIpc) is 2.83. The molecule has 1 atom stereocenters. The highest BCUT2D eigenvalue weighted by Crippen LogP contribution is 2.29. The third-order valence-electron chi connectivity index (χ3n) is 4.18. The van der Waals surface area contributed by atoms with Crippen LogP contribution in [0.1, 0.15) is 43.4 Å². The highest BCUT2D eigenvalue weighted by molar-refractivity contribution is 5.29. The van der Waals surface area contributed by atoms with E-state index < -0.39 is 0 Å². The summed E-state index contributed by atoms with van der Waals surface area (Å²) < 4.78 is 7.15. The molecule has 2 aromatic heterocycles. The van der Waals surface area contributed by atoms with Crippen molar-refractivity contribution in [3.8, 4) is 5.69 Å². The van der Waals surface area contributed by atoms with Crippen LogP contribution in [0.25, 0.3) is 5.69 Å². The standard InChI is InChI=1S/C16H23N5O/c1-20-11-5-3-4-6-14(20)16-18-15(12-22-2)19-21(16)13-7-9-17-10-8-13/h7-10,14H,3-6,11-12H2,1-2H3/t14-/m1/s1.